The summed E-state index contributed by atoms with van der Waals surface area (Å²) < 4.78 is 0.972. The van der Waals surface area contributed by atoms with Gasteiger partial charge < -0.3 is 10.4 Å². The highest BCUT2D eigenvalue weighted by molar-refractivity contribution is 9.10. The number of carbonyl (C=O) groups excluding carboxylic acids is 1. The lowest BCUT2D eigenvalue weighted by Gasteiger charge is -2.21. The molecule has 0 bridgehead atoms. The number of nitrogens with one attached hydrogen (secondary N) is 1. The molecule has 4 heteroatoms. The molecule has 0 spiro atoms. The van der Waals surface area contributed by atoms with E-state index in [-0.39, 0.29) is 12.3 Å². The van der Waals surface area contributed by atoms with Crippen LogP contribution < -0.4 is 5.32 Å². The fourth-order valence-corrected chi connectivity index (χ4v) is 2.81. The van der Waals surface area contributed by atoms with E-state index in [1.54, 1.807) is 0 Å². The maximum atomic E-state index is 12.0. The van der Waals surface area contributed by atoms with Crippen LogP contribution in [0.1, 0.15) is 37.7 Å². The maximum Gasteiger partial charge on any atom is 0.227 e. The molecule has 2 N–H and O–H groups in total. The lowest BCUT2D eigenvalue weighted by molar-refractivity contribution is -0.120. The van der Waals surface area contributed by atoms with Crippen molar-refractivity contribution < 1.29 is 9.90 Å². The number of anilines is 1. The van der Waals surface area contributed by atoms with Crippen molar-refractivity contribution in [3.8, 4) is 0 Å². The van der Waals surface area contributed by atoms with E-state index < -0.39 is 5.60 Å². The van der Waals surface area contributed by atoms with Gasteiger partial charge in [-0.2, -0.15) is 0 Å². The molecule has 3 nitrogen and oxygen atoms in total. The van der Waals surface area contributed by atoms with Crippen LogP contribution >= 0.6 is 15.9 Å². The predicted molar refractivity (Wildman–Crippen MR) is 75.5 cm³/mol. The number of rotatable bonds is 3. The Morgan fingerprint density at radius 1 is 1.44 bits per heavy atom. The standard InChI is InChI=1S/C14H18BrNO2/c1-10-11(15)5-4-6-12(10)16-13(17)9-14(18)7-2-3-8-14/h4-6,18H,2-3,7-9H2,1H3,(H,16,17). The number of halogens is 1. The lowest BCUT2D eigenvalue weighted by atomic mass is 9.97. The topological polar surface area (TPSA) is 49.3 Å². The number of amides is 1. The van der Waals surface area contributed by atoms with Crippen LogP contribution in [0, 0.1) is 6.92 Å². The van der Waals surface area contributed by atoms with Gasteiger partial charge in [0.15, 0.2) is 0 Å². The van der Waals surface area contributed by atoms with Crippen LogP contribution in [0.2, 0.25) is 0 Å². The molecule has 0 aromatic heterocycles. The minimum Gasteiger partial charge on any atom is -0.389 e. The van der Waals surface area contributed by atoms with Gasteiger partial charge in [0.25, 0.3) is 0 Å². The van der Waals surface area contributed by atoms with E-state index in [1.165, 1.54) is 0 Å². The average molecular weight is 312 g/mol. The number of hydrogen-bond acceptors (Lipinski definition) is 2. The lowest BCUT2D eigenvalue weighted by Crippen LogP contribution is -2.30. The van der Waals surface area contributed by atoms with E-state index in [2.05, 4.69) is 21.2 Å². The van der Waals surface area contributed by atoms with Gasteiger partial charge in [0, 0.05) is 10.2 Å². The summed E-state index contributed by atoms with van der Waals surface area (Å²) in [5.74, 6) is -0.111. The zero-order valence-corrected chi connectivity index (χ0v) is 12.1. The number of benzene rings is 1. The second-order valence-electron chi connectivity index (χ2n) is 5.07. The molecule has 1 fully saturated rings. The van der Waals surface area contributed by atoms with Crippen molar-refractivity contribution >= 4 is 27.5 Å². The molecule has 18 heavy (non-hydrogen) atoms. The van der Waals surface area contributed by atoms with E-state index in [9.17, 15) is 9.90 Å². The summed E-state index contributed by atoms with van der Waals surface area (Å²) in [5.41, 5.74) is 1.02. The number of aliphatic hydroxyl groups is 1. The second kappa shape index (κ2) is 5.41. The van der Waals surface area contributed by atoms with Crippen molar-refractivity contribution in [3.63, 3.8) is 0 Å². The Kier molecular flexibility index (Phi) is 4.07. The SMILES string of the molecule is Cc1c(Br)cccc1NC(=O)CC1(O)CCCC1. The summed E-state index contributed by atoms with van der Waals surface area (Å²) in [6.45, 7) is 1.95. The fraction of sp³-hybridized carbons (Fsp3) is 0.500. The highest BCUT2D eigenvalue weighted by Crippen LogP contribution is 2.33. The van der Waals surface area contributed by atoms with Crippen LogP contribution in [0.5, 0.6) is 0 Å². The van der Waals surface area contributed by atoms with E-state index in [1.807, 2.05) is 25.1 Å². The first-order chi connectivity index (χ1) is 8.50. The second-order valence-corrected chi connectivity index (χ2v) is 5.92. The molecule has 1 aromatic rings. The number of carbonyl (C=O) groups is 1. The van der Waals surface area contributed by atoms with Crippen molar-refractivity contribution in [1.29, 1.82) is 0 Å². The first-order valence-electron chi connectivity index (χ1n) is 6.27. The minimum absolute atomic E-state index is 0.111. The third kappa shape index (κ3) is 3.12. The van der Waals surface area contributed by atoms with Crippen LogP contribution in [0.4, 0.5) is 5.69 Å². The minimum atomic E-state index is -0.788. The third-order valence-corrected chi connectivity index (χ3v) is 4.42. The molecule has 0 saturated heterocycles. The Balaban J connectivity index is 2.01. The van der Waals surface area contributed by atoms with Gasteiger partial charge in [-0.1, -0.05) is 34.8 Å². The van der Waals surface area contributed by atoms with Crippen molar-refractivity contribution in [1.82, 2.24) is 0 Å². The zero-order valence-electron chi connectivity index (χ0n) is 10.5. The molecule has 2 rings (SSSR count). The molecular weight excluding hydrogens is 294 g/mol. The quantitative estimate of drug-likeness (QED) is 0.899. The van der Waals surface area contributed by atoms with E-state index in [0.29, 0.717) is 0 Å². The largest absolute Gasteiger partial charge is 0.389 e. The smallest absolute Gasteiger partial charge is 0.227 e. The van der Waals surface area contributed by atoms with E-state index >= 15 is 0 Å². The summed E-state index contributed by atoms with van der Waals surface area (Å²) >= 11 is 3.43. The van der Waals surface area contributed by atoms with Gasteiger partial charge in [0.1, 0.15) is 0 Å². The van der Waals surface area contributed by atoms with Crippen molar-refractivity contribution in [2.24, 2.45) is 0 Å². The van der Waals surface area contributed by atoms with Crippen LogP contribution in [0.3, 0.4) is 0 Å². The third-order valence-electron chi connectivity index (χ3n) is 3.57. The molecule has 0 heterocycles. The van der Waals surface area contributed by atoms with Crippen molar-refractivity contribution in [3.05, 3.63) is 28.2 Å². The summed E-state index contributed by atoms with van der Waals surface area (Å²) in [6.07, 6.45) is 3.69. The average Bonchev–Trinajstić information content (AvgIpc) is 2.71. The summed E-state index contributed by atoms with van der Waals surface area (Å²) in [5, 5.41) is 13.1. The monoisotopic (exact) mass is 311 g/mol. The summed E-state index contributed by atoms with van der Waals surface area (Å²) in [4.78, 5) is 12.0. The Morgan fingerprint density at radius 2 is 2.11 bits per heavy atom. The van der Waals surface area contributed by atoms with Crippen molar-refractivity contribution in [2.45, 2.75) is 44.6 Å². The summed E-state index contributed by atoms with van der Waals surface area (Å²) in [6, 6.07) is 5.70. The molecular formula is C14H18BrNO2. The maximum absolute atomic E-state index is 12.0. The normalized spacial score (nSPS) is 17.7. The van der Waals surface area contributed by atoms with Gasteiger partial charge in [-0.3, -0.25) is 4.79 Å². The van der Waals surface area contributed by atoms with E-state index in [0.717, 1.165) is 41.4 Å². The molecule has 98 valence electrons. The molecule has 0 radical (unpaired) electrons. The Bertz CT molecular complexity index is 453. The molecule has 1 amide bonds. The van der Waals surface area contributed by atoms with Crippen LogP contribution in [0.25, 0.3) is 0 Å². The molecule has 0 unspecified atom stereocenters. The fourth-order valence-electron chi connectivity index (χ4n) is 2.45. The van der Waals surface area contributed by atoms with Gasteiger partial charge in [-0.15, -0.1) is 0 Å². The number of hydrogen-bond donors (Lipinski definition) is 2. The molecule has 1 aromatic carbocycles. The highest BCUT2D eigenvalue weighted by Gasteiger charge is 2.33. The molecule has 0 atom stereocenters. The Hall–Kier alpha value is -0.870. The predicted octanol–water partition coefficient (Wildman–Crippen LogP) is 3.39. The summed E-state index contributed by atoms with van der Waals surface area (Å²) in [7, 11) is 0. The molecule has 0 aliphatic heterocycles. The van der Waals surface area contributed by atoms with E-state index in [4.69, 9.17) is 0 Å². The zero-order chi connectivity index (χ0) is 13.2. The highest BCUT2D eigenvalue weighted by atomic mass is 79.9. The first-order valence-corrected chi connectivity index (χ1v) is 7.07. The first kappa shape index (κ1) is 13.6. The van der Waals surface area contributed by atoms with Gasteiger partial charge >= 0.3 is 0 Å². The van der Waals surface area contributed by atoms with Crippen LogP contribution in [0.15, 0.2) is 22.7 Å². The molecule has 1 saturated carbocycles. The van der Waals surface area contributed by atoms with Crippen molar-refractivity contribution in [2.75, 3.05) is 5.32 Å². The van der Waals surface area contributed by atoms with Gasteiger partial charge in [0.2, 0.25) is 5.91 Å². The Labute approximate surface area is 116 Å². The Morgan fingerprint density at radius 3 is 2.78 bits per heavy atom. The molecule has 1 aliphatic rings. The van der Waals surface area contributed by atoms with Gasteiger partial charge in [-0.05, 0) is 37.5 Å². The van der Waals surface area contributed by atoms with Gasteiger partial charge in [-0.25, -0.2) is 0 Å². The van der Waals surface area contributed by atoms with Crippen LogP contribution in [-0.2, 0) is 4.79 Å². The van der Waals surface area contributed by atoms with Crippen LogP contribution in [-0.4, -0.2) is 16.6 Å². The van der Waals surface area contributed by atoms with Gasteiger partial charge in [0.05, 0.1) is 12.0 Å². The molecule has 1 aliphatic carbocycles.